The summed E-state index contributed by atoms with van der Waals surface area (Å²) in [6.45, 7) is 14.3. The van der Waals surface area contributed by atoms with Gasteiger partial charge in [0.25, 0.3) is 0 Å². The number of fused-ring (bicyclic) bond motifs is 5. The van der Waals surface area contributed by atoms with E-state index in [9.17, 15) is 29.7 Å². The number of carbonyl (C=O) groups is 3. The molecule has 0 bridgehead atoms. The van der Waals surface area contributed by atoms with Gasteiger partial charge in [-0.3, -0.25) is 14.4 Å². The molecule has 378 valence electrons. The van der Waals surface area contributed by atoms with Crippen molar-refractivity contribution in [3.05, 3.63) is 82.5 Å². The molecule has 5 N–H and O–H groups in total. The molecule has 3 aliphatic carbocycles. The number of β-amino-alcohol motifs (C(OH)–C–C–N with tert-alkyl or cyclic N) is 1. The minimum atomic E-state index is -1.05. The first kappa shape index (κ1) is 52.6. The van der Waals surface area contributed by atoms with Gasteiger partial charge in [0.15, 0.2) is 0 Å². The molecule has 0 radical (unpaired) electrons. The van der Waals surface area contributed by atoms with E-state index in [1.807, 2.05) is 48.8 Å². The van der Waals surface area contributed by atoms with Crippen LogP contribution in [0.1, 0.15) is 106 Å². The second-order valence-electron chi connectivity index (χ2n) is 20.4. The van der Waals surface area contributed by atoms with Crippen LogP contribution in [0.2, 0.25) is 0 Å². The lowest BCUT2D eigenvalue weighted by Gasteiger charge is -2.53. The number of aliphatic hydroxyl groups excluding tert-OH is 2. The van der Waals surface area contributed by atoms with Crippen molar-refractivity contribution in [3.8, 4) is 16.2 Å². The van der Waals surface area contributed by atoms with Gasteiger partial charge in [-0.15, -0.1) is 11.3 Å². The van der Waals surface area contributed by atoms with Gasteiger partial charge in [0.2, 0.25) is 17.7 Å². The van der Waals surface area contributed by atoms with Crippen LogP contribution in [-0.2, 0) is 41.6 Å². The number of nitrogens with one attached hydrogen (secondary N) is 2. The topological polar surface area (TPSA) is 183 Å². The number of unbranched alkanes of at least 4 members (excludes halogenated alkanes) is 2. The van der Waals surface area contributed by atoms with Crippen LogP contribution in [-0.4, -0.2) is 138 Å². The van der Waals surface area contributed by atoms with Gasteiger partial charge in [0, 0.05) is 32.5 Å². The molecule has 2 heterocycles. The first-order valence-corrected chi connectivity index (χ1v) is 26.2. The SMILES string of the molecule is C=C(C)[C@H](NC(=O)CCOCCOCCOCCN(C)CCCCC[C@@H]1Cc2cc(O)ccc2[C@H]2CC[C@]3(C)[C@@H](O)CC[C@H]3[C@H]12)C(=O)N1C[C@H](O)C[C@H]1C(=O)NCc1ccc(-c2scnc2C)cc1. The highest BCUT2D eigenvalue weighted by Gasteiger charge is 2.56. The van der Waals surface area contributed by atoms with E-state index in [0.717, 1.165) is 73.3 Å². The number of aryl methyl sites for hydroxylation is 1. The Kier molecular flexibility index (Phi) is 18.9. The Bertz CT molecular complexity index is 2190. The second-order valence-corrected chi connectivity index (χ2v) is 21.3. The van der Waals surface area contributed by atoms with Gasteiger partial charge in [-0.25, -0.2) is 4.98 Å². The van der Waals surface area contributed by atoms with Crippen LogP contribution in [0.3, 0.4) is 0 Å². The molecule has 0 spiro atoms. The van der Waals surface area contributed by atoms with Crippen molar-refractivity contribution < 1.29 is 43.9 Å². The number of aromatic hydroxyl groups is 1. The Hall–Kier alpha value is -4.22. The Morgan fingerprint density at radius 2 is 1.71 bits per heavy atom. The molecule has 7 rings (SSSR count). The maximum atomic E-state index is 13.7. The first-order valence-electron chi connectivity index (χ1n) is 25.4. The Morgan fingerprint density at radius 3 is 2.43 bits per heavy atom. The van der Waals surface area contributed by atoms with Gasteiger partial charge in [0.1, 0.15) is 17.8 Å². The fourth-order valence-electron chi connectivity index (χ4n) is 11.8. The van der Waals surface area contributed by atoms with Crippen LogP contribution >= 0.6 is 11.3 Å². The van der Waals surface area contributed by atoms with Crippen LogP contribution in [0.15, 0.2) is 60.1 Å². The summed E-state index contributed by atoms with van der Waals surface area (Å²) in [5, 5.41) is 37.4. The second kappa shape index (κ2) is 24.8. The van der Waals surface area contributed by atoms with Gasteiger partial charge in [0.05, 0.1) is 67.9 Å². The molecule has 2 aromatic carbocycles. The van der Waals surface area contributed by atoms with Gasteiger partial charge in [-0.05, 0) is 141 Å². The quantitative estimate of drug-likeness (QED) is 0.0460. The molecule has 4 aliphatic rings. The van der Waals surface area contributed by atoms with Crippen LogP contribution < -0.4 is 10.6 Å². The first-order chi connectivity index (χ1) is 33.2. The van der Waals surface area contributed by atoms with Crippen molar-refractivity contribution in [2.24, 2.45) is 23.2 Å². The highest BCUT2D eigenvalue weighted by Crippen LogP contribution is 2.62. The number of phenols is 1. The molecule has 69 heavy (non-hydrogen) atoms. The number of benzene rings is 2. The number of aromatic nitrogens is 1. The summed E-state index contributed by atoms with van der Waals surface area (Å²) in [4.78, 5) is 49.0. The van der Waals surface area contributed by atoms with E-state index in [1.54, 1.807) is 18.3 Å². The number of carbonyl (C=O) groups excluding carboxylic acids is 3. The third kappa shape index (κ3) is 13.4. The number of likely N-dealkylation sites (tertiary alicyclic amines) is 1. The van der Waals surface area contributed by atoms with Crippen molar-refractivity contribution >= 4 is 29.1 Å². The summed E-state index contributed by atoms with van der Waals surface area (Å²) < 4.78 is 17.1. The highest BCUT2D eigenvalue weighted by molar-refractivity contribution is 7.13. The van der Waals surface area contributed by atoms with Crippen molar-refractivity contribution in [1.29, 1.82) is 0 Å². The zero-order valence-electron chi connectivity index (χ0n) is 41.3. The fraction of sp³-hybridized carbons (Fsp3) is 0.630. The number of hydrogen-bond acceptors (Lipinski definition) is 12. The zero-order valence-corrected chi connectivity index (χ0v) is 42.2. The number of amides is 3. The van der Waals surface area contributed by atoms with Crippen molar-refractivity contribution in [1.82, 2.24) is 25.4 Å². The maximum absolute atomic E-state index is 13.7. The summed E-state index contributed by atoms with van der Waals surface area (Å²) in [6.07, 6.45) is 9.13. The number of hydrogen-bond donors (Lipinski definition) is 5. The van der Waals surface area contributed by atoms with Gasteiger partial charge < -0.3 is 50.0 Å². The van der Waals surface area contributed by atoms with Gasteiger partial charge >= 0.3 is 0 Å². The van der Waals surface area contributed by atoms with E-state index in [4.69, 9.17) is 14.2 Å². The molecule has 15 heteroatoms. The molecule has 3 amide bonds. The van der Waals surface area contributed by atoms with Crippen LogP contribution in [0.5, 0.6) is 5.75 Å². The molecule has 9 atom stereocenters. The normalized spacial score (nSPS) is 25.5. The van der Waals surface area contributed by atoms with E-state index >= 15 is 0 Å². The number of rotatable bonds is 25. The molecule has 1 aliphatic heterocycles. The summed E-state index contributed by atoms with van der Waals surface area (Å²) in [6, 6.07) is 12.0. The largest absolute Gasteiger partial charge is 0.508 e. The Balaban J connectivity index is 0.711. The average molecular weight is 972 g/mol. The number of thiazole rings is 1. The van der Waals surface area contributed by atoms with Gasteiger partial charge in [-0.1, -0.05) is 56.7 Å². The van der Waals surface area contributed by atoms with Crippen molar-refractivity contribution in [2.75, 3.05) is 66.3 Å². The molecule has 2 saturated carbocycles. The summed E-state index contributed by atoms with van der Waals surface area (Å²) in [7, 11) is 2.14. The third-order valence-corrected chi connectivity index (χ3v) is 16.6. The van der Waals surface area contributed by atoms with Gasteiger partial charge in [-0.2, -0.15) is 0 Å². The van der Waals surface area contributed by atoms with Crippen LogP contribution in [0, 0.1) is 30.1 Å². The number of aliphatic hydroxyl groups is 2. The number of likely N-dealkylation sites (N-methyl/N-ethyl adjacent to an activating group) is 1. The van der Waals surface area contributed by atoms with Crippen LogP contribution in [0.4, 0.5) is 0 Å². The van der Waals surface area contributed by atoms with E-state index < -0.39 is 30.0 Å². The standard InChI is InChI=1S/C54H77N5O9S/c1-35(2)50(53(65)59-33-42(61)31-46(59)52(64)55-32-37-10-12-38(13-11-37)51-36(3)56-34-69-51)57-48(63)19-23-66-25-27-68-28-26-67-24-22-58(5)21-8-6-7-9-39-29-40-30-41(60)14-15-43(40)44-18-20-54(4)45(49(39)44)16-17-47(54)62/h10-15,30,34,39,42,44-47,49-50,60-62H,1,6-9,16-29,31-33H2,2-5H3,(H,55,64)(H,57,63)/t39-,42-,44-,45+,46+,47+,49-,50+,54+/m1/s1. The summed E-state index contributed by atoms with van der Waals surface area (Å²) in [5.74, 6) is 1.44. The smallest absolute Gasteiger partial charge is 0.250 e. The van der Waals surface area contributed by atoms with Crippen LogP contribution in [0.25, 0.3) is 10.4 Å². The zero-order chi connectivity index (χ0) is 49.1. The summed E-state index contributed by atoms with van der Waals surface area (Å²) in [5.41, 5.74) is 7.97. The molecule has 14 nitrogen and oxygen atoms in total. The van der Waals surface area contributed by atoms with E-state index in [1.165, 1.54) is 35.3 Å². The molecule has 1 saturated heterocycles. The lowest BCUT2D eigenvalue weighted by atomic mass is 9.52. The molecule has 3 aromatic rings. The fourth-order valence-corrected chi connectivity index (χ4v) is 12.6. The number of phenolic OH excluding ortho intramolecular Hbond substituents is 1. The highest BCUT2D eigenvalue weighted by atomic mass is 32.1. The molecule has 0 unspecified atom stereocenters. The molecular formula is C54H77N5O9S. The number of nitrogens with zero attached hydrogens (tertiary/aromatic N) is 3. The Labute approximate surface area is 413 Å². The number of ether oxygens (including phenoxy) is 3. The van der Waals surface area contributed by atoms with E-state index in [0.29, 0.717) is 68.0 Å². The predicted octanol–water partition coefficient (Wildman–Crippen LogP) is 6.54. The van der Waals surface area contributed by atoms with Crippen molar-refractivity contribution in [2.45, 2.75) is 128 Å². The monoisotopic (exact) mass is 972 g/mol. The predicted molar refractivity (Wildman–Crippen MR) is 268 cm³/mol. The molecular weight excluding hydrogens is 895 g/mol. The van der Waals surface area contributed by atoms with E-state index in [2.05, 4.69) is 47.1 Å². The maximum Gasteiger partial charge on any atom is 0.250 e. The molecule has 1 aromatic heterocycles. The third-order valence-electron chi connectivity index (χ3n) is 15.6. The van der Waals surface area contributed by atoms with E-state index in [-0.39, 0.29) is 50.0 Å². The summed E-state index contributed by atoms with van der Waals surface area (Å²) >= 11 is 1.57. The van der Waals surface area contributed by atoms with Crippen molar-refractivity contribution in [3.63, 3.8) is 0 Å². The molecule has 3 fully saturated rings. The lowest BCUT2D eigenvalue weighted by Crippen LogP contribution is -2.54. The Morgan fingerprint density at radius 1 is 0.971 bits per heavy atom. The minimum absolute atomic E-state index is 0.0216. The minimum Gasteiger partial charge on any atom is -0.508 e. The lowest BCUT2D eigenvalue weighted by molar-refractivity contribution is -0.140. The average Bonchev–Trinajstić information content (AvgIpc) is 4.03.